The fraction of sp³-hybridized carbons (Fsp3) is 0.556. The highest BCUT2D eigenvalue weighted by Gasteiger charge is 2.39. The van der Waals surface area contributed by atoms with Crippen molar-refractivity contribution in [1.29, 1.82) is 0 Å². The van der Waals surface area contributed by atoms with E-state index in [2.05, 4.69) is 11.8 Å². The molecule has 1 aliphatic carbocycles. The Morgan fingerprint density at radius 1 is 1.17 bits per heavy atom. The van der Waals surface area contributed by atoms with Gasteiger partial charge in [0.05, 0.1) is 22.5 Å². The van der Waals surface area contributed by atoms with Gasteiger partial charge in [-0.05, 0) is 43.7 Å². The van der Waals surface area contributed by atoms with Crippen molar-refractivity contribution in [3.05, 3.63) is 23.9 Å². The van der Waals surface area contributed by atoms with Crippen molar-refractivity contribution in [2.24, 2.45) is 5.92 Å². The van der Waals surface area contributed by atoms with Gasteiger partial charge in [0.1, 0.15) is 0 Å². The van der Waals surface area contributed by atoms with E-state index < -0.39 is 11.7 Å². The van der Waals surface area contributed by atoms with Gasteiger partial charge in [-0.2, -0.15) is 13.2 Å². The number of benzene rings is 1. The minimum atomic E-state index is -4.37. The minimum absolute atomic E-state index is 0.195. The molecule has 2 aromatic rings. The number of nitrogen functional groups attached to an aromatic ring is 1. The van der Waals surface area contributed by atoms with Crippen molar-refractivity contribution in [2.45, 2.75) is 44.8 Å². The monoisotopic (exact) mass is 337 g/mol. The van der Waals surface area contributed by atoms with Crippen LogP contribution in [-0.4, -0.2) is 17.7 Å². The molecule has 3 nitrogen and oxygen atoms in total. The first-order valence-electron chi connectivity index (χ1n) is 8.61. The van der Waals surface area contributed by atoms with Crippen molar-refractivity contribution in [1.82, 2.24) is 4.57 Å². The highest BCUT2D eigenvalue weighted by Crippen LogP contribution is 2.47. The largest absolute Gasteiger partial charge is 0.418 e. The number of piperidine rings is 1. The fourth-order valence-corrected chi connectivity index (χ4v) is 3.95. The van der Waals surface area contributed by atoms with Crippen LogP contribution in [0.4, 0.5) is 24.5 Å². The minimum Gasteiger partial charge on any atom is -0.397 e. The van der Waals surface area contributed by atoms with Crippen LogP contribution in [0.3, 0.4) is 0 Å². The summed E-state index contributed by atoms with van der Waals surface area (Å²) < 4.78 is 42.9. The molecule has 1 atom stereocenters. The molecule has 6 heteroatoms. The van der Waals surface area contributed by atoms with Gasteiger partial charge in [-0.3, -0.25) is 0 Å². The van der Waals surface area contributed by atoms with Gasteiger partial charge in [0.2, 0.25) is 0 Å². The Kier molecular flexibility index (Phi) is 3.48. The number of rotatable bonds is 2. The van der Waals surface area contributed by atoms with Gasteiger partial charge in [-0.1, -0.05) is 6.92 Å². The summed E-state index contributed by atoms with van der Waals surface area (Å²) in [4.78, 5) is 2.05. The Hall–Kier alpha value is -1.85. The van der Waals surface area contributed by atoms with E-state index in [0.29, 0.717) is 22.8 Å². The molecule has 0 spiro atoms. The predicted octanol–water partition coefficient (Wildman–Crippen LogP) is 4.81. The van der Waals surface area contributed by atoms with E-state index in [4.69, 9.17) is 5.73 Å². The molecule has 2 heterocycles. The molecule has 2 aliphatic rings. The second kappa shape index (κ2) is 5.33. The molecule has 1 aromatic carbocycles. The molecule has 1 aliphatic heterocycles. The van der Waals surface area contributed by atoms with Crippen LogP contribution in [0.15, 0.2) is 18.3 Å². The van der Waals surface area contributed by atoms with Crippen LogP contribution in [-0.2, 0) is 6.18 Å². The SMILES string of the molecule is C[C@@H]1CCCN(c2c(N)ccc3c2c(C(F)(F)F)cn3C2CC2)C1. The van der Waals surface area contributed by atoms with Crippen LogP contribution in [0.25, 0.3) is 10.9 Å². The molecule has 2 N–H and O–H groups in total. The summed E-state index contributed by atoms with van der Waals surface area (Å²) >= 11 is 0. The summed E-state index contributed by atoms with van der Waals surface area (Å²) in [5.41, 5.74) is 7.28. The van der Waals surface area contributed by atoms with Crippen LogP contribution in [0.1, 0.15) is 44.2 Å². The Morgan fingerprint density at radius 2 is 1.92 bits per heavy atom. The number of fused-ring (bicyclic) bond motifs is 1. The average molecular weight is 337 g/mol. The number of hydrogen-bond acceptors (Lipinski definition) is 2. The van der Waals surface area contributed by atoms with E-state index >= 15 is 0 Å². The predicted molar refractivity (Wildman–Crippen MR) is 90.2 cm³/mol. The third-order valence-electron chi connectivity index (χ3n) is 5.22. The van der Waals surface area contributed by atoms with Crippen LogP contribution in [0.5, 0.6) is 0 Å². The van der Waals surface area contributed by atoms with Crippen LogP contribution in [0, 0.1) is 5.92 Å². The first-order chi connectivity index (χ1) is 11.4. The molecule has 0 unspecified atom stereocenters. The van der Waals surface area contributed by atoms with Crippen LogP contribution < -0.4 is 10.6 Å². The molecule has 130 valence electrons. The van der Waals surface area contributed by atoms with Crippen molar-refractivity contribution in [3.8, 4) is 0 Å². The highest BCUT2D eigenvalue weighted by molar-refractivity contribution is 6.02. The van der Waals surface area contributed by atoms with E-state index in [1.54, 1.807) is 16.7 Å². The Balaban J connectivity index is 1.96. The molecule has 0 amide bonds. The number of hydrogen-bond donors (Lipinski definition) is 1. The Bertz CT molecular complexity index is 774. The van der Waals surface area contributed by atoms with Gasteiger partial charge in [-0.25, -0.2) is 0 Å². The van der Waals surface area contributed by atoms with E-state index in [-0.39, 0.29) is 11.4 Å². The van der Waals surface area contributed by atoms with Crippen molar-refractivity contribution in [2.75, 3.05) is 23.7 Å². The standard InChI is InChI=1S/C18H22F3N3/c1-11-3-2-8-23(9-11)17-14(22)6-7-15-16(17)13(18(19,20)21)10-24(15)12-4-5-12/h6-7,10-12H,2-5,8-9,22H2,1H3/t11-/m1/s1. The van der Waals surface area contributed by atoms with Crippen molar-refractivity contribution in [3.63, 3.8) is 0 Å². The van der Waals surface area contributed by atoms with Crippen LogP contribution in [0.2, 0.25) is 0 Å². The van der Waals surface area contributed by atoms with Gasteiger partial charge in [0, 0.05) is 30.7 Å². The first kappa shape index (κ1) is 15.7. The molecule has 0 bridgehead atoms. The highest BCUT2D eigenvalue weighted by atomic mass is 19.4. The summed E-state index contributed by atoms with van der Waals surface area (Å²) in [6.07, 6.45) is 0.910. The van der Waals surface area contributed by atoms with Gasteiger partial charge >= 0.3 is 6.18 Å². The van der Waals surface area contributed by atoms with Crippen LogP contribution >= 0.6 is 0 Å². The third-order valence-corrected chi connectivity index (χ3v) is 5.22. The lowest BCUT2D eigenvalue weighted by molar-refractivity contribution is -0.136. The smallest absolute Gasteiger partial charge is 0.397 e. The molecule has 0 radical (unpaired) electrons. The third kappa shape index (κ3) is 2.52. The van der Waals surface area contributed by atoms with Gasteiger partial charge in [0.15, 0.2) is 0 Å². The molecule has 1 saturated carbocycles. The summed E-state index contributed by atoms with van der Waals surface area (Å²) in [6, 6.07) is 3.70. The lowest BCUT2D eigenvalue weighted by Crippen LogP contribution is -2.35. The van der Waals surface area contributed by atoms with Gasteiger partial charge < -0.3 is 15.2 Å². The molecular formula is C18H22F3N3. The molecule has 1 saturated heterocycles. The Morgan fingerprint density at radius 3 is 2.54 bits per heavy atom. The topological polar surface area (TPSA) is 34.2 Å². The number of aromatic nitrogens is 1. The normalized spacial score (nSPS) is 22.3. The molecular weight excluding hydrogens is 315 g/mol. The maximum atomic E-state index is 13.7. The summed E-state index contributed by atoms with van der Waals surface area (Å²) in [6.45, 7) is 3.66. The molecule has 4 rings (SSSR count). The second-order valence-electron chi connectivity index (χ2n) is 7.27. The van der Waals surface area contributed by atoms with Gasteiger partial charge in [0.25, 0.3) is 0 Å². The lowest BCUT2D eigenvalue weighted by Gasteiger charge is -2.34. The summed E-state index contributed by atoms with van der Waals surface area (Å²) in [5.74, 6) is 0.466. The number of nitrogens with zero attached hydrogens (tertiary/aromatic N) is 2. The molecule has 2 fully saturated rings. The zero-order chi connectivity index (χ0) is 17.1. The average Bonchev–Trinajstić information content (AvgIpc) is 3.26. The first-order valence-corrected chi connectivity index (χ1v) is 8.61. The number of halogens is 3. The fourth-order valence-electron chi connectivity index (χ4n) is 3.95. The molecule has 24 heavy (non-hydrogen) atoms. The zero-order valence-electron chi connectivity index (χ0n) is 13.7. The number of alkyl halides is 3. The summed E-state index contributed by atoms with van der Waals surface area (Å²) in [5, 5.41) is 0.281. The maximum Gasteiger partial charge on any atom is 0.418 e. The van der Waals surface area contributed by atoms with E-state index in [0.717, 1.165) is 38.8 Å². The van der Waals surface area contributed by atoms with Crippen molar-refractivity contribution < 1.29 is 13.2 Å². The van der Waals surface area contributed by atoms with E-state index in [1.165, 1.54) is 6.20 Å². The van der Waals surface area contributed by atoms with E-state index in [9.17, 15) is 13.2 Å². The van der Waals surface area contributed by atoms with Gasteiger partial charge in [-0.15, -0.1) is 0 Å². The van der Waals surface area contributed by atoms with E-state index in [1.807, 2.05) is 0 Å². The zero-order valence-corrected chi connectivity index (χ0v) is 13.7. The lowest BCUT2D eigenvalue weighted by atomic mass is 9.98. The maximum absolute atomic E-state index is 13.7. The second-order valence-corrected chi connectivity index (χ2v) is 7.27. The number of nitrogens with two attached hydrogens (primary N) is 1. The Labute approximate surface area is 139 Å². The van der Waals surface area contributed by atoms with Crippen molar-refractivity contribution >= 4 is 22.3 Å². The quantitative estimate of drug-likeness (QED) is 0.798. The number of anilines is 2. The summed E-state index contributed by atoms with van der Waals surface area (Å²) in [7, 11) is 0. The molecule has 1 aromatic heterocycles.